The number of rotatable bonds is 8. The van der Waals surface area contributed by atoms with Crippen LogP contribution in [0.25, 0.3) is 11.0 Å². The van der Waals surface area contributed by atoms with Crippen LogP contribution < -0.4 is 15.8 Å². The fourth-order valence-corrected chi connectivity index (χ4v) is 4.73. The second-order valence-corrected chi connectivity index (χ2v) is 9.08. The summed E-state index contributed by atoms with van der Waals surface area (Å²) >= 11 is 0. The van der Waals surface area contributed by atoms with Crippen LogP contribution >= 0.6 is 0 Å². The van der Waals surface area contributed by atoms with Crippen molar-refractivity contribution in [2.45, 2.75) is 71.6 Å². The van der Waals surface area contributed by atoms with Crippen molar-refractivity contribution in [3.63, 3.8) is 0 Å². The van der Waals surface area contributed by atoms with Crippen molar-refractivity contribution in [1.29, 1.82) is 0 Å². The summed E-state index contributed by atoms with van der Waals surface area (Å²) in [5.74, 6) is 0.952. The van der Waals surface area contributed by atoms with E-state index in [9.17, 15) is 9.59 Å². The molecule has 0 saturated carbocycles. The number of ether oxygens (including phenoxy) is 1. The van der Waals surface area contributed by atoms with Gasteiger partial charge in [-0.05, 0) is 51.3 Å². The van der Waals surface area contributed by atoms with Crippen molar-refractivity contribution in [2.24, 2.45) is 0 Å². The summed E-state index contributed by atoms with van der Waals surface area (Å²) < 4.78 is 9.05. The van der Waals surface area contributed by atoms with E-state index in [0.29, 0.717) is 19.0 Å². The molecule has 0 unspecified atom stereocenters. The number of amides is 1. The Morgan fingerprint density at radius 3 is 2.82 bits per heavy atom. The molecular formula is C26H35N5O3. The number of nitrogens with one attached hydrogen (secondary N) is 1. The number of nitrogens with zero attached hydrogens (tertiary/aromatic N) is 4. The zero-order chi connectivity index (χ0) is 24.2. The number of aromatic nitrogens is 3. The molecule has 2 atom stereocenters. The maximum atomic E-state index is 12.5. The van der Waals surface area contributed by atoms with E-state index in [1.807, 2.05) is 25.3 Å². The number of benzene rings is 1. The summed E-state index contributed by atoms with van der Waals surface area (Å²) in [5.41, 5.74) is 3.97. The minimum atomic E-state index is -0.339. The second kappa shape index (κ2) is 10.4. The van der Waals surface area contributed by atoms with Gasteiger partial charge >= 0.3 is 6.09 Å². The number of carbonyl (C=O) groups is 1. The van der Waals surface area contributed by atoms with Crippen LogP contribution in [0.5, 0.6) is 0 Å². The van der Waals surface area contributed by atoms with Gasteiger partial charge in [-0.15, -0.1) is 0 Å². The molecule has 1 N–H and O–H groups in total. The van der Waals surface area contributed by atoms with Crippen LogP contribution in [0.2, 0.25) is 0 Å². The molecule has 2 aromatic heterocycles. The summed E-state index contributed by atoms with van der Waals surface area (Å²) in [6, 6.07) is 9.83. The van der Waals surface area contributed by atoms with E-state index in [2.05, 4.69) is 29.8 Å². The third-order valence-corrected chi connectivity index (χ3v) is 6.88. The smallest absolute Gasteiger partial charge is 0.414 e. The van der Waals surface area contributed by atoms with E-state index in [-0.39, 0.29) is 17.7 Å². The first-order chi connectivity index (χ1) is 16.4. The van der Waals surface area contributed by atoms with E-state index in [1.54, 1.807) is 21.6 Å². The van der Waals surface area contributed by atoms with Crippen LogP contribution in [-0.4, -0.2) is 45.9 Å². The molecular weight excluding hydrogens is 430 g/mol. The predicted octanol–water partition coefficient (Wildman–Crippen LogP) is 3.74. The molecule has 0 bridgehead atoms. The van der Waals surface area contributed by atoms with Gasteiger partial charge < -0.3 is 19.2 Å². The quantitative estimate of drug-likeness (QED) is 0.548. The molecule has 3 heterocycles. The second-order valence-electron chi connectivity index (χ2n) is 9.08. The third-order valence-electron chi connectivity index (χ3n) is 6.88. The average molecular weight is 466 g/mol. The highest BCUT2D eigenvalue weighted by Crippen LogP contribution is 2.36. The Kier molecular flexibility index (Phi) is 7.36. The van der Waals surface area contributed by atoms with Gasteiger partial charge in [-0.1, -0.05) is 13.0 Å². The molecule has 8 heteroatoms. The van der Waals surface area contributed by atoms with Gasteiger partial charge in [0.15, 0.2) is 0 Å². The highest BCUT2D eigenvalue weighted by molar-refractivity contribution is 5.95. The molecule has 1 aliphatic heterocycles. The Labute approximate surface area is 200 Å². The number of methoxy groups -OCH3 is 1. The molecule has 1 aromatic carbocycles. The third kappa shape index (κ3) is 4.73. The number of carbonyl (C=O) groups excluding carboxylic acids is 1. The van der Waals surface area contributed by atoms with Crippen LogP contribution in [0.1, 0.15) is 45.0 Å². The monoisotopic (exact) mass is 465 g/mol. The van der Waals surface area contributed by atoms with Crippen LogP contribution in [0.4, 0.5) is 10.5 Å². The van der Waals surface area contributed by atoms with Crippen LogP contribution in [0.3, 0.4) is 0 Å². The fourth-order valence-electron chi connectivity index (χ4n) is 4.73. The molecule has 0 fully saturated rings. The first-order valence-corrected chi connectivity index (χ1v) is 12.2. The maximum absolute atomic E-state index is 12.5. The van der Waals surface area contributed by atoms with Gasteiger partial charge in [-0.2, -0.15) is 0 Å². The molecule has 34 heavy (non-hydrogen) atoms. The van der Waals surface area contributed by atoms with E-state index in [4.69, 9.17) is 9.72 Å². The number of hydrogen-bond donors (Lipinski definition) is 1. The lowest BCUT2D eigenvalue weighted by Gasteiger charge is -2.34. The molecule has 8 nitrogen and oxygen atoms in total. The highest BCUT2D eigenvalue weighted by Gasteiger charge is 2.31. The summed E-state index contributed by atoms with van der Waals surface area (Å²) in [6.45, 7) is 8.60. The summed E-state index contributed by atoms with van der Waals surface area (Å²) in [4.78, 5) is 31.5. The number of imidazole rings is 1. The minimum Gasteiger partial charge on any atom is -0.452 e. The van der Waals surface area contributed by atoms with Crippen molar-refractivity contribution < 1.29 is 9.53 Å². The Morgan fingerprint density at radius 1 is 1.26 bits per heavy atom. The van der Waals surface area contributed by atoms with Gasteiger partial charge in [0, 0.05) is 56.0 Å². The zero-order valence-corrected chi connectivity index (χ0v) is 20.6. The van der Waals surface area contributed by atoms with Crippen molar-refractivity contribution in [3.05, 3.63) is 58.3 Å². The predicted molar refractivity (Wildman–Crippen MR) is 135 cm³/mol. The highest BCUT2D eigenvalue weighted by atomic mass is 16.5. The summed E-state index contributed by atoms with van der Waals surface area (Å²) in [6.07, 6.45) is 4.92. The van der Waals surface area contributed by atoms with Gasteiger partial charge in [0.05, 0.1) is 23.8 Å². The largest absolute Gasteiger partial charge is 0.452 e. The lowest BCUT2D eigenvalue weighted by molar-refractivity contribution is 0.175. The minimum absolute atomic E-state index is 0.0105. The van der Waals surface area contributed by atoms with Crippen molar-refractivity contribution in [3.8, 4) is 0 Å². The van der Waals surface area contributed by atoms with Crippen LogP contribution in [0, 0.1) is 0 Å². The number of fused-ring (bicyclic) bond motifs is 3. The molecule has 0 aliphatic carbocycles. The van der Waals surface area contributed by atoms with Gasteiger partial charge in [-0.25, -0.2) is 9.78 Å². The zero-order valence-electron chi connectivity index (χ0n) is 20.6. The summed E-state index contributed by atoms with van der Waals surface area (Å²) in [5, 5.41) is 3.57. The Bertz CT molecular complexity index is 1210. The van der Waals surface area contributed by atoms with E-state index in [0.717, 1.165) is 60.5 Å². The van der Waals surface area contributed by atoms with Gasteiger partial charge in [0.25, 0.3) is 5.56 Å². The van der Waals surface area contributed by atoms with E-state index >= 15 is 0 Å². The standard InChI is InChI=1S/C26H35N5O3/c1-5-18(2)27-14-17-30-22-12-11-21-20(10-9-19(3)31(21)26(33)34-4)25(22)28-23(30)13-16-29-15-7-6-8-24(29)32/h6-8,11-12,15,18-19,27H,5,9-10,13-14,16-17H2,1-4H3/t18-,19+/m1/s1. The topological polar surface area (TPSA) is 81.4 Å². The molecule has 0 saturated heterocycles. The van der Waals surface area contributed by atoms with Crippen molar-refractivity contribution in [1.82, 2.24) is 19.4 Å². The molecule has 1 amide bonds. The van der Waals surface area contributed by atoms with Crippen molar-refractivity contribution in [2.75, 3.05) is 18.6 Å². The maximum Gasteiger partial charge on any atom is 0.414 e. The van der Waals surface area contributed by atoms with E-state index < -0.39 is 0 Å². The van der Waals surface area contributed by atoms with Crippen molar-refractivity contribution >= 4 is 22.8 Å². The average Bonchev–Trinajstić information content (AvgIpc) is 3.20. The molecule has 182 valence electrons. The van der Waals surface area contributed by atoms with Crippen LogP contribution in [0.15, 0.2) is 41.3 Å². The number of anilines is 1. The van der Waals surface area contributed by atoms with E-state index in [1.165, 1.54) is 7.11 Å². The Balaban J connectivity index is 1.73. The van der Waals surface area contributed by atoms with Crippen LogP contribution in [-0.2, 0) is 30.7 Å². The molecule has 0 radical (unpaired) electrons. The van der Waals surface area contributed by atoms with Gasteiger partial charge in [0.2, 0.25) is 0 Å². The lowest BCUT2D eigenvalue weighted by Crippen LogP contribution is -2.42. The van der Waals surface area contributed by atoms with Gasteiger partial charge in [-0.3, -0.25) is 9.69 Å². The SMILES string of the molecule is CC[C@@H](C)NCCn1c(CCn2ccccc2=O)nc2c3c(ccc21)N(C(=O)OC)[C@@H](C)CC3. The fraction of sp³-hybridized carbons (Fsp3) is 0.500. The Morgan fingerprint density at radius 2 is 2.09 bits per heavy atom. The first kappa shape index (κ1) is 24.0. The molecule has 1 aliphatic rings. The first-order valence-electron chi connectivity index (χ1n) is 12.2. The molecule has 0 spiro atoms. The number of hydrogen-bond acceptors (Lipinski definition) is 5. The number of pyridine rings is 1. The summed E-state index contributed by atoms with van der Waals surface area (Å²) in [7, 11) is 1.42. The molecule has 4 rings (SSSR count). The number of aryl methyl sites for hydroxylation is 3. The molecule has 3 aromatic rings. The Hall–Kier alpha value is -3.13. The van der Waals surface area contributed by atoms with Gasteiger partial charge in [0.1, 0.15) is 5.82 Å². The lowest BCUT2D eigenvalue weighted by atomic mass is 9.96. The normalized spacial score (nSPS) is 16.5.